The fraction of sp³-hybridized carbons (Fsp3) is 0.280. The number of rotatable bonds is 8. The first-order chi connectivity index (χ1) is 16.5. The van der Waals surface area contributed by atoms with Crippen molar-refractivity contribution >= 4 is 41.2 Å². The Labute approximate surface area is 203 Å². The highest BCUT2D eigenvalue weighted by atomic mass is 32.1. The highest BCUT2D eigenvalue weighted by molar-refractivity contribution is 7.80. The molecular formula is C25H27N3O5S. The van der Waals surface area contributed by atoms with Gasteiger partial charge in [0.05, 0.1) is 20.1 Å². The summed E-state index contributed by atoms with van der Waals surface area (Å²) in [5.41, 5.74) is 1.87. The van der Waals surface area contributed by atoms with E-state index in [-0.39, 0.29) is 24.0 Å². The van der Waals surface area contributed by atoms with Crippen LogP contribution in [0.1, 0.15) is 17.5 Å². The summed E-state index contributed by atoms with van der Waals surface area (Å²) in [7, 11) is 1.58. The number of benzene rings is 2. The van der Waals surface area contributed by atoms with Crippen molar-refractivity contribution in [1.82, 2.24) is 15.5 Å². The van der Waals surface area contributed by atoms with Gasteiger partial charge in [0.25, 0.3) is 0 Å². The molecule has 2 aromatic rings. The average molecular weight is 482 g/mol. The van der Waals surface area contributed by atoms with Crippen LogP contribution in [0, 0.1) is 0 Å². The number of methoxy groups -OCH3 is 1. The average Bonchev–Trinajstić information content (AvgIpc) is 2.85. The molecule has 2 N–H and O–H groups in total. The van der Waals surface area contributed by atoms with Crippen molar-refractivity contribution in [2.75, 3.05) is 26.8 Å². The smallest absolute Gasteiger partial charge is 0.308 e. The zero-order valence-electron chi connectivity index (χ0n) is 18.9. The molecule has 2 aromatic carbocycles. The molecule has 1 fully saturated rings. The second-order valence-electron chi connectivity index (χ2n) is 7.56. The van der Waals surface area contributed by atoms with Crippen LogP contribution in [-0.2, 0) is 25.5 Å². The van der Waals surface area contributed by atoms with E-state index < -0.39 is 17.9 Å². The number of piperazine rings is 1. The Bertz CT molecular complexity index is 1040. The van der Waals surface area contributed by atoms with Crippen LogP contribution in [0.15, 0.2) is 60.7 Å². The molecule has 1 unspecified atom stereocenters. The van der Waals surface area contributed by atoms with Gasteiger partial charge in [-0.2, -0.15) is 0 Å². The van der Waals surface area contributed by atoms with Gasteiger partial charge in [0.15, 0.2) is 5.11 Å². The van der Waals surface area contributed by atoms with Gasteiger partial charge in [-0.05, 0) is 41.6 Å². The molecule has 34 heavy (non-hydrogen) atoms. The van der Waals surface area contributed by atoms with Gasteiger partial charge in [-0.25, -0.2) is 0 Å². The van der Waals surface area contributed by atoms with E-state index in [0.29, 0.717) is 19.5 Å². The van der Waals surface area contributed by atoms with Gasteiger partial charge in [0.2, 0.25) is 11.8 Å². The number of carbonyl (C=O) groups is 3. The minimum Gasteiger partial charge on any atom is -0.497 e. The first kappa shape index (κ1) is 24.9. The van der Waals surface area contributed by atoms with E-state index in [1.165, 1.54) is 6.08 Å². The summed E-state index contributed by atoms with van der Waals surface area (Å²) in [5, 5.41) is 5.42. The van der Waals surface area contributed by atoms with Gasteiger partial charge in [-0.1, -0.05) is 42.5 Å². The molecule has 3 rings (SSSR count). The summed E-state index contributed by atoms with van der Waals surface area (Å²) in [6, 6.07) is 16.0. The van der Waals surface area contributed by atoms with Gasteiger partial charge in [-0.3, -0.25) is 19.7 Å². The second-order valence-corrected chi connectivity index (χ2v) is 7.95. The summed E-state index contributed by atoms with van der Waals surface area (Å²) in [6.45, 7) is 0.944. The number of thiocarbonyl (C=S) groups is 1. The van der Waals surface area contributed by atoms with E-state index in [1.807, 2.05) is 42.5 Å². The molecule has 0 spiro atoms. The van der Waals surface area contributed by atoms with E-state index in [4.69, 9.17) is 21.7 Å². The molecule has 0 radical (unpaired) electrons. The molecule has 1 aliphatic heterocycles. The van der Waals surface area contributed by atoms with Crippen LogP contribution in [0.3, 0.4) is 0 Å². The molecule has 1 saturated heterocycles. The van der Waals surface area contributed by atoms with Crippen molar-refractivity contribution in [3.8, 4) is 5.75 Å². The van der Waals surface area contributed by atoms with Crippen molar-refractivity contribution in [2.24, 2.45) is 0 Å². The maximum atomic E-state index is 12.4. The third-order valence-electron chi connectivity index (χ3n) is 5.22. The first-order valence-corrected chi connectivity index (χ1v) is 11.3. The fourth-order valence-corrected chi connectivity index (χ4v) is 3.73. The number of hydrogen-bond acceptors (Lipinski definition) is 6. The third-order valence-corrected chi connectivity index (χ3v) is 5.56. The van der Waals surface area contributed by atoms with Crippen molar-refractivity contribution < 1.29 is 23.9 Å². The van der Waals surface area contributed by atoms with Crippen molar-refractivity contribution in [2.45, 2.75) is 18.9 Å². The molecule has 178 valence electrons. The largest absolute Gasteiger partial charge is 0.497 e. The van der Waals surface area contributed by atoms with Gasteiger partial charge >= 0.3 is 5.97 Å². The van der Waals surface area contributed by atoms with Crippen molar-refractivity contribution in [3.05, 3.63) is 71.8 Å². The SMILES string of the molecule is COc1ccc(/C=C/C(=O)NC(=S)N2CCNC(=O)C2CC(=O)OCCc2ccccc2)cc1. The molecule has 8 nitrogen and oxygen atoms in total. The van der Waals surface area contributed by atoms with Gasteiger partial charge < -0.3 is 19.7 Å². The lowest BCUT2D eigenvalue weighted by Crippen LogP contribution is -2.60. The second kappa shape index (κ2) is 12.5. The van der Waals surface area contributed by atoms with Crippen LogP contribution in [0.4, 0.5) is 0 Å². The van der Waals surface area contributed by atoms with Crippen LogP contribution in [0.2, 0.25) is 0 Å². The minimum atomic E-state index is -0.851. The molecular weight excluding hydrogens is 454 g/mol. The molecule has 9 heteroatoms. The number of nitrogens with one attached hydrogen (secondary N) is 2. The summed E-state index contributed by atoms with van der Waals surface area (Å²) in [6.07, 6.45) is 3.41. The Kier molecular flexibility index (Phi) is 9.16. The predicted octanol–water partition coefficient (Wildman–Crippen LogP) is 2.09. The molecule has 1 aliphatic rings. The maximum Gasteiger partial charge on any atom is 0.308 e. The van der Waals surface area contributed by atoms with Crippen LogP contribution in [0.5, 0.6) is 5.75 Å². The Morgan fingerprint density at radius 2 is 1.91 bits per heavy atom. The molecule has 0 aromatic heterocycles. The predicted molar refractivity (Wildman–Crippen MR) is 132 cm³/mol. The van der Waals surface area contributed by atoms with Crippen LogP contribution in [-0.4, -0.2) is 60.6 Å². The number of amides is 2. The Morgan fingerprint density at radius 1 is 1.18 bits per heavy atom. The number of esters is 1. The van der Waals surface area contributed by atoms with Crippen molar-refractivity contribution in [3.63, 3.8) is 0 Å². The number of nitrogens with zero attached hydrogens (tertiary/aromatic N) is 1. The number of carbonyl (C=O) groups excluding carboxylic acids is 3. The van der Waals surface area contributed by atoms with E-state index in [9.17, 15) is 14.4 Å². The van der Waals surface area contributed by atoms with Crippen LogP contribution in [0.25, 0.3) is 6.08 Å². The van der Waals surface area contributed by atoms with E-state index in [0.717, 1.165) is 16.9 Å². The Hall–Kier alpha value is -3.72. The lowest BCUT2D eigenvalue weighted by atomic mass is 10.1. The Morgan fingerprint density at radius 3 is 2.62 bits per heavy atom. The van der Waals surface area contributed by atoms with E-state index in [1.54, 1.807) is 30.2 Å². The molecule has 0 aliphatic carbocycles. The topological polar surface area (TPSA) is 97.0 Å². The molecule has 1 heterocycles. The summed E-state index contributed by atoms with van der Waals surface area (Å²) >= 11 is 5.36. The minimum absolute atomic E-state index is 0.0846. The monoisotopic (exact) mass is 481 g/mol. The normalized spacial score (nSPS) is 15.5. The molecule has 2 amide bonds. The van der Waals surface area contributed by atoms with Gasteiger partial charge in [0.1, 0.15) is 11.8 Å². The van der Waals surface area contributed by atoms with E-state index in [2.05, 4.69) is 10.6 Å². The zero-order chi connectivity index (χ0) is 24.3. The summed E-state index contributed by atoms with van der Waals surface area (Å²) < 4.78 is 10.4. The van der Waals surface area contributed by atoms with Crippen molar-refractivity contribution in [1.29, 1.82) is 0 Å². The number of ether oxygens (including phenoxy) is 2. The Balaban J connectivity index is 1.52. The molecule has 1 atom stereocenters. The van der Waals surface area contributed by atoms with Crippen LogP contribution < -0.4 is 15.4 Å². The lowest BCUT2D eigenvalue weighted by Gasteiger charge is -2.36. The summed E-state index contributed by atoms with van der Waals surface area (Å²) in [5.74, 6) is -0.556. The standard InChI is InChI=1S/C25H27N3O5S/c1-32-20-10-7-19(8-11-20)9-12-22(29)27-25(34)28-15-14-26-24(31)21(28)17-23(30)33-16-13-18-5-3-2-4-6-18/h2-12,21H,13-17H2,1H3,(H,26,31)(H,27,29,34)/b12-9+. The fourth-order valence-electron chi connectivity index (χ4n) is 3.41. The maximum absolute atomic E-state index is 12.4. The summed E-state index contributed by atoms with van der Waals surface area (Å²) in [4.78, 5) is 38.7. The molecule has 0 bridgehead atoms. The molecule has 0 saturated carbocycles. The first-order valence-electron chi connectivity index (χ1n) is 10.9. The third kappa shape index (κ3) is 7.41. The van der Waals surface area contributed by atoms with Gasteiger partial charge in [0, 0.05) is 25.6 Å². The quantitative estimate of drug-likeness (QED) is 0.339. The van der Waals surface area contributed by atoms with Gasteiger partial charge in [-0.15, -0.1) is 0 Å². The van der Waals surface area contributed by atoms with E-state index >= 15 is 0 Å². The number of hydrogen-bond donors (Lipinski definition) is 2. The highest BCUT2D eigenvalue weighted by Crippen LogP contribution is 2.13. The highest BCUT2D eigenvalue weighted by Gasteiger charge is 2.34. The van der Waals surface area contributed by atoms with Crippen LogP contribution >= 0.6 is 12.2 Å². The lowest BCUT2D eigenvalue weighted by molar-refractivity contribution is -0.147. The zero-order valence-corrected chi connectivity index (χ0v) is 19.7.